The molecule has 3 aromatic rings. The van der Waals surface area contributed by atoms with Gasteiger partial charge in [0, 0.05) is 16.8 Å². The summed E-state index contributed by atoms with van der Waals surface area (Å²) in [5, 5.41) is 11.5. The van der Waals surface area contributed by atoms with Gasteiger partial charge in [-0.15, -0.1) is 0 Å². The summed E-state index contributed by atoms with van der Waals surface area (Å²) in [4.78, 5) is 28.3. The fourth-order valence-electron chi connectivity index (χ4n) is 4.65. The second-order valence-corrected chi connectivity index (χ2v) is 10.2. The fraction of sp³-hybridized carbons (Fsp3) is 0.333. The number of benzene rings is 2. The molecule has 0 radical (unpaired) electrons. The van der Waals surface area contributed by atoms with E-state index in [1.54, 1.807) is 31.2 Å². The quantitative estimate of drug-likeness (QED) is 0.251. The van der Waals surface area contributed by atoms with E-state index in [0.29, 0.717) is 29.4 Å². The van der Waals surface area contributed by atoms with Gasteiger partial charge < -0.3 is 14.3 Å². The van der Waals surface area contributed by atoms with Crippen LogP contribution >= 0.6 is 0 Å². The van der Waals surface area contributed by atoms with E-state index >= 15 is 0 Å². The first kappa shape index (κ1) is 25.3. The van der Waals surface area contributed by atoms with Crippen molar-refractivity contribution in [3.63, 3.8) is 0 Å². The van der Waals surface area contributed by atoms with Crippen molar-refractivity contribution in [3.8, 4) is 5.75 Å². The Morgan fingerprint density at radius 3 is 2.39 bits per heavy atom. The maximum Gasteiger partial charge on any atom is 0.300 e. The number of anilines is 1. The molecule has 4 rings (SSSR count). The molecule has 36 heavy (non-hydrogen) atoms. The summed E-state index contributed by atoms with van der Waals surface area (Å²) in [5.41, 5.74) is 3.53. The molecule has 1 saturated heterocycles. The van der Waals surface area contributed by atoms with Crippen molar-refractivity contribution in [2.24, 2.45) is 0 Å². The first-order valence-electron chi connectivity index (χ1n) is 12.2. The second kappa shape index (κ2) is 9.34. The Balaban J connectivity index is 1.96. The van der Waals surface area contributed by atoms with Gasteiger partial charge >= 0.3 is 0 Å². The Morgan fingerprint density at radius 2 is 1.78 bits per heavy atom. The number of amides is 1. The van der Waals surface area contributed by atoms with Crippen LogP contribution in [-0.2, 0) is 15.0 Å². The third kappa shape index (κ3) is 4.32. The van der Waals surface area contributed by atoms with Gasteiger partial charge in [0.05, 0.1) is 12.2 Å². The molecular weight excluding hydrogens is 454 g/mol. The molecule has 2 aromatic carbocycles. The van der Waals surface area contributed by atoms with E-state index in [-0.39, 0.29) is 16.7 Å². The van der Waals surface area contributed by atoms with E-state index < -0.39 is 17.7 Å². The average Bonchev–Trinajstić information content (AvgIpc) is 3.36. The number of furan rings is 1. The van der Waals surface area contributed by atoms with Crippen LogP contribution in [0, 0.1) is 20.8 Å². The molecule has 1 aliphatic heterocycles. The molecule has 1 fully saturated rings. The van der Waals surface area contributed by atoms with Gasteiger partial charge in [-0.1, -0.05) is 32.9 Å². The van der Waals surface area contributed by atoms with Crippen molar-refractivity contribution in [1.29, 1.82) is 0 Å². The number of carbonyl (C=O) groups excluding carboxylic acids is 2. The highest BCUT2D eigenvalue weighted by Crippen LogP contribution is 2.44. The van der Waals surface area contributed by atoms with Crippen molar-refractivity contribution in [2.45, 2.75) is 59.9 Å². The lowest BCUT2D eigenvalue weighted by Gasteiger charge is -2.26. The SMILES string of the molecule is CCOc1ccc(/C(O)=C2/C(=O)C(=O)N(c3cccc(C)c3C)C2c2ccc(C)o2)cc1C(C)(C)C. The summed E-state index contributed by atoms with van der Waals surface area (Å²) < 4.78 is 11.7. The van der Waals surface area contributed by atoms with Gasteiger partial charge in [0.25, 0.3) is 11.7 Å². The molecule has 188 valence electrons. The lowest BCUT2D eigenvalue weighted by Crippen LogP contribution is -2.30. The van der Waals surface area contributed by atoms with Gasteiger partial charge in [-0.05, 0) is 80.6 Å². The van der Waals surface area contributed by atoms with Crippen molar-refractivity contribution in [1.82, 2.24) is 0 Å². The van der Waals surface area contributed by atoms with Gasteiger partial charge in [-0.2, -0.15) is 0 Å². The zero-order valence-electron chi connectivity index (χ0n) is 21.9. The maximum absolute atomic E-state index is 13.5. The average molecular weight is 488 g/mol. The van der Waals surface area contributed by atoms with Gasteiger partial charge in [-0.3, -0.25) is 14.5 Å². The summed E-state index contributed by atoms with van der Waals surface area (Å²) in [6.45, 7) is 14.3. The zero-order chi connectivity index (χ0) is 26.4. The molecule has 1 aliphatic rings. The highest BCUT2D eigenvalue weighted by molar-refractivity contribution is 6.51. The van der Waals surface area contributed by atoms with Crippen LogP contribution in [0.5, 0.6) is 5.75 Å². The summed E-state index contributed by atoms with van der Waals surface area (Å²) in [7, 11) is 0. The third-order valence-corrected chi connectivity index (χ3v) is 6.67. The minimum absolute atomic E-state index is 0.000671. The van der Waals surface area contributed by atoms with Crippen molar-refractivity contribution in [2.75, 3.05) is 11.5 Å². The van der Waals surface area contributed by atoms with Gasteiger partial charge in [-0.25, -0.2) is 0 Å². The minimum Gasteiger partial charge on any atom is -0.507 e. The van der Waals surface area contributed by atoms with Crippen LogP contribution in [0.15, 0.2) is 58.5 Å². The molecule has 1 N–H and O–H groups in total. The molecule has 1 atom stereocenters. The molecule has 0 bridgehead atoms. The standard InChI is InChI=1S/C30H33NO5/c1-8-35-23-15-13-20(16-21(23)30(5,6)7)27(32)25-26(24-14-12-18(3)36-24)31(29(34)28(25)33)22-11-9-10-17(2)19(22)4/h9-16,26,32H,8H2,1-7H3/b27-25-. The van der Waals surface area contributed by atoms with E-state index in [9.17, 15) is 14.7 Å². The van der Waals surface area contributed by atoms with Gasteiger partial charge in [0.15, 0.2) is 0 Å². The smallest absolute Gasteiger partial charge is 0.300 e. The van der Waals surface area contributed by atoms with Crippen LogP contribution in [0.3, 0.4) is 0 Å². The number of hydrogen-bond acceptors (Lipinski definition) is 5. The monoisotopic (exact) mass is 487 g/mol. The summed E-state index contributed by atoms with van der Waals surface area (Å²) in [6, 6.07) is 13.6. The van der Waals surface area contributed by atoms with Crippen molar-refractivity contribution in [3.05, 3.63) is 87.9 Å². The number of ether oxygens (including phenoxy) is 1. The van der Waals surface area contributed by atoms with Crippen LogP contribution in [0.1, 0.15) is 67.5 Å². The van der Waals surface area contributed by atoms with Crippen LogP contribution < -0.4 is 9.64 Å². The molecule has 6 heteroatoms. The van der Waals surface area contributed by atoms with E-state index in [1.807, 2.05) is 45.0 Å². The lowest BCUT2D eigenvalue weighted by atomic mass is 9.84. The zero-order valence-corrected chi connectivity index (χ0v) is 21.9. The van der Waals surface area contributed by atoms with Crippen LogP contribution in [0.4, 0.5) is 5.69 Å². The fourth-order valence-corrected chi connectivity index (χ4v) is 4.65. The highest BCUT2D eigenvalue weighted by atomic mass is 16.5. The molecule has 1 unspecified atom stereocenters. The number of Topliss-reactive ketones (excluding diaryl/α,β-unsaturated/α-hetero) is 1. The first-order chi connectivity index (χ1) is 17.0. The molecule has 2 heterocycles. The highest BCUT2D eigenvalue weighted by Gasteiger charge is 2.49. The molecule has 1 aromatic heterocycles. The number of carbonyl (C=O) groups is 2. The summed E-state index contributed by atoms with van der Waals surface area (Å²) in [6.07, 6.45) is 0. The first-order valence-corrected chi connectivity index (χ1v) is 12.2. The molecule has 0 saturated carbocycles. The van der Waals surface area contributed by atoms with Gasteiger partial charge in [0.2, 0.25) is 0 Å². The van der Waals surface area contributed by atoms with E-state index in [4.69, 9.17) is 9.15 Å². The van der Waals surface area contributed by atoms with Crippen LogP contribution in [0.25, 0.3) is 5.76 Å². The Morgan fingerprint density at radius 1 is 1.06 bits per heavy atom. The van der Waals surface area contributed by atoms with Crippen LogP contribution in [0.2, 0.25) is 0 Å². The largest absolute Gasteiger partial charge is 0.507 e. The number of aryl methyl sites for hydroxylation is 2. The number of aliphatic hydroxyl groups excluding tert-OH is 1. The van der Waals surface area contributed by atoms with Gasteiger partial charge in [0.1, 0.15) is 29.1 Å². The van der Waals surface area contributed by atoms with E-state index in [0.717, 1.165) is 22.4 Å². The summed E-state index contributed by atoms with van der Waals surface area (Å²) in [5.74, 6) is 0.0815. The van der Waals surface area contributed by atoms with E-state index in [2.05, 4.69) is 20.8 Å². The topological polar surface area (TPSA) is 80.0 Å². The predicted octanol–water partition coefficient (Wildman–Crippen LogP) is 6.53. The Bertz CT molecular complexity index is 1370. The number of ketones is 1. The summed E-state index contributed by atoms with van der Waals surface area (Å²) >= 11 is 0. The Hall–Kier alpha value is -3.80. The number of aliphatic hydroxyl groups is 1. The molecular formula is C30H33NO5. The lowest BCUT2D eigenvalue weighted by molar-refractivity contribution is -0.132. The molecule has 6 nitrogen and oxygen atoms in total. The third-order valence-electron chi connectivity index (χ3n) is 6.67. The van der Waals surface area contributed by atoms with Crippen LogP contribution in [-0.4, -0.2) is 23.4 Å². The number of hydrogen-bond donors (Lipinski definition) is 1. The second-order valence-electron chi connectivity index (χ2n) is 10.2. The molecule has 1 amide bonds. The normalized spacial score (nSPS) is 17.6. The molecule has 0 spiro atoms. The predicted molar refractivity (Wildman–Crippen MR) is 140 cm³/mol. The number of rotatable bonds is 5. The maximum atomic E-state index is 13.5. The minimum atomic E-state index is -0.899. The number of nitrogens with zero attached hydrogens (tertiary/aromatic N) is 1. The van der Waals surface area contributed by atoms with Crippen molar-refractivity contribution >= 4 is 23.1 Å². The van der Waals surface area contributed by atoms with Crippen molar-refractivity contribution < 1.29 is 23.8 Å². The van der Waals surface area contributed by atoms with E-state index in [1.165, 1.54) is 4.90 Å². The Labute approximate surface area is 212 Å². The Kier molecular flexibility index (Phi) is 6.56. The molecule has 0 aliphatic carbocycles.